The number of rotatable bonds is 4. The lowest BCUT2D eigenvalue weighted by Gasteiger charge is -2.38. The van der Waals surface area contributed by atoms with Gasteiger partial charge in [-0.3, -0.25) is 4.79 Å². The van der Waals surface area contributed by atoms with E-state index in [0.29, 0.717) is 30.3 Å². The maximum atomic E-state index is 13.2. The number of sulfonamides is 1. The van der Waals surface area contributed by atoms with Crippen molar-refractivity contribution in [2.75, 3.05) is 26.2 Å². The van der Waals surface area contributed by atoms with Crippen molar-refractivity contribution in [2.45, 2.75) is 50.3 Å². The molecule has 2 atom stereocenters. The van der Waals surface area contributed by atoms with Gasteiger partial charge in [-0.25, -0.2) is 0 Å². The average Bonchev–Trinajstić information content (AvgIpc) is 3.12. The minimum Gasteiger partial charge on any atom is -0.593 e. The van der Waals surface area contributed by atoms with E-state index in [0.717, 1.165) is 32.4 Å². The Balaban J connectivity index is 1.40. The van der Waals surface area contributed by atoms with E-state index in [1.807, 2.05) is 11.0 Å². The molecule has 2 aliphatic heterocycles. The van der Waals surface area contributed by atoms with Gasteiger partial charge in [-0.1, -0.05) is 39.7 Å². The molecule has 0 spiro atoms. The Kier molecular flexibility index (Phi) is 6.09. The molecule has 3 heterocycles. The van der Waals surface area contributed by atoms with Crippen LogP contribution in [0.2, 0.25) is 0 Å². The molecule has 4 rings (SSSR count). The molecule has 2 unspecified atom stereocenters. The minimum absolute atomic E-state index is 0.0835. The maximum absolute atomic E-state index is 13.2. The van der Waals surface area contributed by atoms with Crippen molar-refractivity contribution in [2.24, 2.45) is 5.92 Å². The zero-order chi connectivity index (χ0) is 21.3. The average molecular weight is 432 g/mol. The van der Waals surface area contributed by atoms with E-state index in [4.69, 9.17) is 4.52 Å². The van der Waals surface area contributed by atoms with Crippen LogP contribution in [-0.2, 0) is 19.4 Å². The third kappa shape index (κ3) is 4.08. The fourth-order valence-corrected chi connectivity index (χ4v) is 6.57. The topological polar surface area (TPSA) is 89.7 Å². The Hall–Kier alpha value is -2.03. The third-order valence-electron chi connectivity index (χ3n) is 6.38. The normalized spacial score (nSPS) is 23.3. The van der Waals surface area contributed by atoms with Gasteiger partial charge in [0.2, 0.25) is 10.8 Å². The van der Waals surface area contributed by atoms with Crippen LogP contribution in [0.3, 0.4) is 0 Å². The van der Waals surface area contributed by atoms with E-state index in [1.54, 1.807) is 13.8 Å². The molecule has 2 saturated heterocycles. The quantitative estimate of drug-likeness (QED) is 0.693. The largest absolute Gasteiger partial charge is 0.593 e. The number of hydrogen-bond donors (Lipinski definition) is 0. The molecule has 8 heteroatoms. The number of aromatic nitrogens is 1. The minimum atomic E-state index is -3.72. The number of amides is 1. The summed E-state index contributed by atoms with van der Waals surface area (Å²) in [5.74, 6) is 0.574. The Morgan fingerprint density at radius 2 is 1.83 bits per heavy atom. The number of carbonyl (C=O) groups excluding carboxylic acids is 1. The van der Waals surface area contributed by atoms with Crippen molar-refractivity contribution in [3.8, 4) is 0 Å². The molecule has 7 nitrogen and oxygen atoms in total. The summed E-state index contributed by atoms with van der Waals surface area (Å²) < 4.78 is 32.8. The lowest BCUT2D eigenvalue weighted by molar-refractivity contribution is -0.137. The van der Waals surface area contributed by atoms with E-state index < -0.39 is 10.4 Å². The highest BCUT2D eigenvalue weighted by atomic mass is 32.3. The summed E-state index contributed by atoms with van der Waals surface area (Å²) in [6, 6.07) is 10.4. The first-order chi connectivity index (χ1) is 14.4. The van der Waals surface area contributed by atoms with E-state index in [9.17, 15) is 13.6 Å². The predicted molar refractivity (Wildman–Crippen MR) is 112 cm³/mol. The second-order valence-corrected chi connectivity index (χ2v) is 10.2. The predicted octanol–water partition coefficient (Wildman–Crippen LogP) is 3.31. The van der Waals surface area contributed by atoms with Crippen molar-refractivity contribution in [3.63, 3.8) is 0 Å². The van der Waals surface area contributed by atoms with Crippen molar-refractivity contribution >= 4 is 16.3 Å². The van der Waals surface area contributed by atoms with E-state index in [2.05, 4.69) is 29.4 Å². The monoisotopic (exact) mass is 431 g/mol. The number of hydrogen-bond acceptors (Lipinski definition) is 5. The molecule has 1 amide bonds. The molecular weight excluding hydrogens is 402 g/mol. The van der Waals surface area contributed by atoms with E-state index in [1.165, 1.54) is 9.87 Å². The number of carbonyl (C=O) groups is 1. The Labute approximate surface area is 178 Å². The zero-order valence-electron chi connectivity index (χ0n) is 17.6. The van der Waals surface area contributed by atoms with Gasteiger partial charge in [-0.05, 0) is 44.1 Å². The Bertz CT molecular complexity index is 918. The highest BCUT2D eigenvalue weighted by Gasteiger charge is 2.42. The molecular formula is C22H29N3O4S. The fraction of sp³-hybridized carbons (Fsp3) is 0.545. The van der Waals surface area contributed by atoms with Crippen molar-refractivity contribution in [3.05, 3.63) is 47.3 Å². The molecule has 1 aromatic heterocycles. The van der Waals surface area contributed by atoms with Crippen molar-refractivity contribution in [1.29, 1.82) is 0 Å². The van der Waals surface area contributed by atoms with Crippen LogP contribution in [0.5, 0.6) is 0 Å². The van der Waals surface area contributed by atoms with Gasteiger partial charge in [0.15, 0.2) is 16.2 Å². The molecule has 0 bridgehead atoms. The standard InChI is InChI=1S/C22H29N3O4S/c1-16-21(17(2)29-23-16)30(27,28)25-12-6-9-20(15-25)22(26)24-13-10-19(11-14-24)18-7-4-3-5-8-18/h3-5,7-8,19-20H,6,9-15H2,1-2H3. The van der Waals surface area contributed by atoms with Gasteiger partial charge in [0.1, 0.15) is 5.69 Å². The fourth-order valence-electron chi connectivity index (χ4n) is 4.75. The van der Waals surface area contributed by atoms with Crippen LogP contribution in [0.4, 0.5) is 0 Å². The molecule has 0 aliphatic carbocycles. The van der Waals surface area contributed by atoms with Gasteiger partial charge in [0.05, 0.1) is 12.5 Å². The molecule has 1 aromatic carbocycles. The van der Waals surface area contributed by atoms with Crippen molar-refractivity contribution < 1.29 is 18.1 Å². The number of likely N-dealkylation sites (tertiary alicyclic amines) is 1. The van der Waals surface area contributed by atoms with Crippen LogP contribution in [0.1, 0.15) is 48.6 Å². The maximum Gasteiger partial charge on any atom is 0.240 e. The zero-order valence-corrected chi connectivity index (χ0v) is 18.4. The lowest BCUT2D eigenvalue weighted by Crippen LogP contribution is -2.50. The first kappa shape index (κ1) is 21.2. The van der Waals surface area contributed by atoms with Crippen LogP contribution in [0.25, 0.3) is 0 Å². The second kappa shape index (κ2) is 8.61. The summed E-state index contributed by atoms with van der Waals surface area (Å²) in [5, 5.41) is 3.78. The van der Waals surface area contributed by atoms with Crippen LogP contribution in [0, 0.1) is 19.8 Å². The van der Waals surface area contributed by atoms with Crippen LogP contribution in [0.15, 0.2) is 39.8 Å². The highest BCUT2D eigenvalue weighted by molar-refractivity contribution is 7.95. The van der Waals surface area contributed by atoms with Crippen molar-refractivity contribution in [1.82, 2.24) is 14.4 Å². The molecule has 2 aliphatic rings. The summed E-state index contributed by atoms with van der Waals surface area (Å²) in [5.41, 5.74) is 1.70. The third-order valence-corrected chi connectivity index (χ3v) is 8.49. The van der Waals surface area contributed by atoms with Gasteiger partial charge in [0, 0.05) is 26.6 Å². The first-order valence-corrected chi connectivity index (χ1v) is 12.1. The molecule has 162 valence electrons. The Morgan fingerprint density at radius 1 is 1.13 bits per heavy atom. The van der Waals surface area contributed by atoms with E-state index >= 15 is 0 Å². The number of nitrogens with zero attached hydrogens (tertiary/aromatic N) is 3. The highest BCUT2D eigenvalue weighted by Crippen LogP contribution is 2.33. The van der Waals surface area contributed by atoms with Gasteiger partial charge >= 0.3 is 0 Å². The van der Waals surface area contributed by atoms with Gasteiger partial charge in [-0.15, -0.1) is 4.31 Å². The number of aryl methyl sites for hydroxylation is 2. The SMILES string of the molecule is Cc1noc(C)c1[S+](=O)([O-])N1CCCC(C(=O)N2CCC(c3ccccc3)CC2)C1. The van der Waals surface area contributed by atoms with Gasteiger partial charge in [-0.2, -0.15) is 0 Å². The Morgan fingerprint density at radius 3 is 2.47 bits per heavy atom. The van der Waals surface area contributed by atoms with Gasteiger partial charge < -0.3 is 14.0 Å². The van der Waals surface area contributed by atoms with Crippen LogP contribution < -0.4 is 0 Å². The van der Waals surface area contributed by atoms with Crippen LogP contribution >= 0.6 is 0 Å². The van der Waals surface area contributed by atoms with Crippen LogP contribution in [-0.4, -0.2) is 51.0 Å². The molecule has 0 radical (unpaired) electrons. The number of piperidine rings is 2. The second-order valence-electron chi connectivity index (χ2n) is 8.37. The van der Waals surface area contributed by atoms with Gasteiger partial charge in [0.25, 0.3) is 0 Å². The molecule has 2 aromatic rings. The van der Waals surface area contributed by atoms with E-state index in [-0.39, 0.29) is 23.3 Å². The number of benzene rings is 1. The summed E-state index contributed by atoms with van der Waals surface area (Å²) >= 11 is 0. The summed E-state index contributed by atoms with van der Waals surface area (Å²) in [4.78, 5) is 15.2. The summed E-state index contributed by atoms with van der Waals surface area (Å²) in [7, 11) is -3.72. The molecule has 0 saturated carbocycles. The first-order valence-electron chi connectivity index (χ1n) is 10.6. The smallest absolute Gasteiger partial charge is 0.240 e. The molecule has 2 fully saturated rings. The summed E-state index contributed by atoms with van der Waals surface area (Å²) in [6.45, 7) is 5.34. The summed E-state index contributed by atoms with van der Waals surface area (Å²) in [6.07, 6.45) is 3.30. The molecule has 0 N–H and O–H groups in total. The molecule has 30 heavy (non-hydrogen) atoms. The lowest BCUT2D eigenvalue weighted by atomic mass is 9.88.